The van der Waals surface area contributed by atoms with Crippen LogP contribution in [-0.4, -0.2) is 36.1 Å². The van der Waals surface area contributed by atoms with Crippen molar-refractivity contribution in [1.29, 1.82) is 0 Å². The Balaban J connectivity index is 1.73. The molecule has 0 spiro atoms. The third-order valence-corrected chi connectivity index (χ3v) is 5.07. The van der Waals surface area contributed by atoms with Gasteiger partial charge in [0, 0.05) is 29.2 Å². The zero-order valence-electron chi connectivity index (χ0n) is 13.5. The number of carboxylic acid groups (broad SMARTS) is 1. The van der Waals surface area contributed by atoms with Crippen LogP contribution < -0.4 is 15.5 Å². The highest BCUT2D eigenvalue weighted by atomic mass is 32.1. The van der Waals surface area contributed by atoms with E-state index in [-0.39, 0.29) is 23.4 Å². The van der Waals surface area contributed by atoms with Gasteiger partial charge in [0.05, 0.1) is 6.54 Å². The number of carboxylic acids is 1. The van der Waals surface area contributed by atoms with Crippen LogP contribution >= 0.6 is 11.3 Å². The minimum Gasteiger partial charge on any atom is -0.477 e. The van der Waals surface area contributed by atoms with E-state index < -0.39 is 5.97 Å². The number of carbonyl (C=O) groups is 3. The molecule has 1 saturated heterocycles. The van der Waals surface area contributed by atoms with Gasteiger partial charge >= 0.3 is 12.0 Å². The number of anilines is 1. The Kier molecular flexibility index (Phi) is 4.71. The summed E-state index contributed by atoms with van der Waals surface area (Å²) in [6.45, 7) is 3.21. The molecule has 0 unspecified atom stereocenters. The predicted molar refractivity (Wildman–Crippen MR) is 94.4 cm³/mol. The average molecular weight is 359 g/mol. The summed E-state index contributed by atoms with van der Waals surface area (Å²) in [5.74, 6) is -1.24. The predicted octanol–water partition coefficient (Wildman–Crippen LogP) is 2.21. The fraction of sp³-hybridized carbons (Fsp3) is 0.235. The maximum absolute atomic E-state index is 12.5. The Morgan fingerprint density at radius 1 is 1.32 bits per heavy atom. The van der Waals surface area contributed by atoms with E-state index in [0.717, 1.165) is 21.8 Å². The van der Waals surface area contributed by atoms with Gasteiger partial charge in [-0.15, -0.1) is 11.3 Å². The van der Waals surface area contributed by atoms with Crippen molar-refractivity contribution in [3.8, 4) is 0 Å². The summed E-state index contributed by atoms with van der Waals surface area (Å²) in [7, 11) is 0. The standard InChI is InChI=1S/C17H17N3O4S/c1-10-12(3-2-4-13(10)20-8-7-18-17(20)24)15(21)19-9-11-5-6-14(25-11)16(22)23/h2-6H,7-9H2,1H3,(H,18,24)(H,19,21)(H,22,23). The summed E-state index contributed by atoms with van der Waals surface area (Å²) in [4.78, 5) is 37.8. The second-order valence-electron chi connectivity index (χ2n) is 5.59. The highest BCUT2D eigenvalue weighted by molar-refractivity contribution is 7.13. The van der Waals surface area contributed by atoms with Crippen molar-refractivity contribution in [2.45, 2.75) is 13.5 Å². The van der Waals surface area contributed by atoms with E-state index >= 15 is 0 Å². The van der Waals surface area contributed by atoms with E-state index in [1.807, 2.05) is 13.0 Å². The molecule has 3 rings (SSSR count). The minimum absolute atomic E-state index is 0.166. The Labute approximate surface area is 148 Å². The smallest absolute Gasteiger partial charge is 0.345 e. The third-order valence-electron chi connectivity index (χ3n) is 3.99. The van der Waals surface area contributed by atoms with Gasteiger partial charge in [-0.25, -0.2) is 9.59 Å². The molecule has 25 heavy (non-hydrogen) atoms. The molecule has 8 heteroatoms. The Morgan fingerprint density at radius 3 is 2.76 bits per heavy atom. The number of benzene rings is 1. The van der Waals surface area contributed by atoms with Crippen LogP contribution in [0.25, 0.3) is 0 Å². The highest BCUT2D eigenvalue weighted by Crippen LogP contribution is 2.25. The lowest BCUT2D eigenvalue weighted by Crippen LogP contribution is -2.29. The van der Waals surface area contributed by atoms with E-state index in [9.17, 15) is 14.4 Å². The van der Waals surface area contributed by atoms with Crippen molar-refractivity contribution in [3.63, 3.8) is 0 Å². The summed E-state index contributed by atoms with van der Waals surface area (Å²) in [5.41, 5.74) is 1.94. The SMILES string of the molecule is Cc1c(C(=O)NCc2ccc(C(=O)O)s2)cccc1N1CCNC1=O. The van der Waals surface area contributed by atoms with Crippen molar-refractivity contribution >= 4 is 34.9 Å². The molecule has 0 saturated carbocycles. The Morgan fingerprint density at radius 2 is 2.12 bits per heavy atom. The summed E-state index contributed by atoms with van der Waals surface area (Å²) in [6.07, 6.45) is 0. The van der Waals surface area contributed by atoms with E-state index in [1.165, 1.54) is 6.07 Å². The molecule has 0 radical (unpaired) electrons. The van der Waals surface area contributed by atoms with Crippen LogP contribution in [0.4, 0.5) is 10.5 Å². The lowest BCUT2D eigenvalue weighted by Gasteiger charge is -2.19. The number of aromatic carboxylic acids is 1. The van der Waals surface area contributed by atoms with Gasteiger partial charge in [0.1, 0.15) is 4.88 Å². The fourth-order valence-electron chi connectivity index (χ4n) is 2.71. The molecule has 1 aromatic heterocycles. The van der Waals surface area contributed by atoms with Crippen molar-refractivity contribution in [2.75, 3.05) is 18.0 Å². The molecule has 1 aromatic carbocycles. The summed E-state index contributed by atoms with van der Waals surface area (Å²) in [5, 5.41) is 14.5. The van der Waals surface area contributed by atoms with Gasteiger partial charge in [-0.1, -0.05) is 6.07 Å². The maximum atomic E-state index is 12.5. The van der Waals surface area contributed by atoms with Gasteiger partial charge in [0.25, 0.3) is 5.91 Å². The first-order valence-corrected chi connectivity index (χ1v) is 8.54. The maximum Gasteiger partial charge on any atom is 0.345 e. The molecule has 1 aliphatic rings. The monoisotopic (exact) mass is 359 g/mol. The van der Waals surface area contributed by atoms with Gasteiger partial charge in [-0.3, -0.25) is 9.69 Å². The molecule has 3 amide bonds. The fourth-order valence-corrected chi connectivity index (χ4v) is 3.50. The summed E-state index contributed by atoms with van der Waals surface area (Å²) in [6, 6.07) is 8.31. The molecule has 0 bridgehead atoms. The number of thiophene rings is 1. The lowest BCUT2D eigenvalue weighted by atomic mass is 10.1. The molecule has 2 heterocycles. The molecular formula is C17H17N3O4S. The third kappa shape index (κ3) is 3.48. The van der Waals surface area contributed by atoms with E-state index in [1.54, 1.807) is 23.1 Å². The first-order chi connectivity index (χ1) is 12.0. The van der Waals surface area contributed by atoms with Gasteiger partial charge in [-0.05, 0) is 36.8 Å². The first-order valence-electron chi connectivity index (χ1n) is 7.72. The largest absolute Gasteiger partial charge is 0.477 e. The van der Waals surface area contributed by atoms with Gasteiger partial charge in [0.15, 0.2) is 0 Å². The van der Waals surface area contributed by atoms with Crippen LogP contribution in [-0.2, 0) is 6.54 Å². The number of hydrogen-bond acceptors (Lipinski definition) is 4. The van der Waals surface area contributed by atoms with Crippen molar-refractivity contribution in [3.05, 3.63) is 51.2 Å². The zero-order valence-corrected chi connectivity index (χ0v) is 14.4. The van der Waals surface area contributed by atoms with Crippen LogP contribution in [0.3, 0.4) is 0 Å². The quantitative estimate of drug-likeness (QED) is 0.762. The Bertz CT molecular complexity index is 846. The highest BCUT2D eigenvalue weighted by Gasteiger charge is 2.24. The topological polar surface area (TPSA) is 98.7 Å². The molecule has 2 aromatic rings. The first kappa shape index (κ1) is 17.0. The number of nitrogens with zero attached hydrogens (tertiary/aromatic N) is 1. The number of amides is 3. The summed E-state index contributed by atoms with van der Waals surface area (Å²) >= 11 is 1.13. The summed E-state index contributed by atoms with van der Waals surface area (Å²) < 4.78 is 0. The van der Waals surface area contributed by atoms with Crippen LogP contribution in [0, 0.1) is 6.92 Å². The van der Waals surface area contributed by atoms with Crippen molar-refractivity contribution in [1.82, 2.24) is 10.6 Å². The molecule has 1 aliphatic heterocycles. The number of urea groups is 1. The molecule has 1 fully saturated rings. The van der Waals surface area contributed by atoms with E-state index in [0.29, 0.717) is 24.3 Å². The minimum atomic E-state index is -0.977. The lowest BCUT2D eigenvalue weighted by molar-refractivity contribution is 0.0702. The van der Waals surface area contributed by atoms with Crippen LogP contribution in [0.5, 0.6) is 0 Å². The zero-order chi connectivity index (χ0) is 18.0. The second kappa shape index (κ2) is 6.94. The molecule has 3 N–H and O–H groups in total. The second-order valence-corrected chi connectivity index (χ2v) is 6.76. The molecule has 130 valence electrons. The Hall–Kier alpha value is -2.87. The molecule has 7 nitrogen and oxygen atoms in total. The van der Waals surface area contributed by atoms with E-state index in [2.05, 4.69) is 10.6 Å². The molecule has 0 atom stereocenters. The number of hydrogen-bond donors (Lipinski definition) is 3. The van der Waals surface area contributed by atoms with Crippen molar-refractivity contribution < 1.29 is 19.5 Å². The van der Waals surface area contributed by atoms with Crippen LogP contribution in [0.1, 0.15) is 30.5 Å². The van der Waals surface area contributed by atoms with Crippen LogP contribution in [0.15, 0.2) is 30.3 Å². The number of nitrogens with one attached hydrogen (secondary N) is 2. The van der Waals surface area contributed by atoms with Gasteiger partial charge in [0.2, 0.25) is 0 Å². The van der Waals surface area contributed by atoms with Crippen molar-refractivity contribution in [2.24, 2.45) is 0 Å². The molecular weight excluding hydrogens is 342 g/mol. The van der Waals surface area contributed by atoms with E-state index in [4.69, 9.17) is 5.11 Å². The average Bonchev–Trinajstić information content (AvgIpc) is 3.22. The van der Waals surface area contributed by atoms with Crippen LogP contribution in [0.2, 0.25) is 0 Å². The van der Waals surface area contributed by atoms with Gasteiger partial charge in [-0.2, -0.15) is 0 Å². The van der Waals surface area contributed by atoms with Gasteiger partial charge < -0.3 is 15.7 Å². The molecule has 0 aliphatic carbocycles. The normalized spacial score (nSPS) is 13.6. The number of carbonyl (C=O) groups excluding carboxylic acids is 2. The number of rotatable bonds is 5.